The van der Waals surface area contributed by atoms with Crippen molar-refractivity contribution in [2.45, 2.75) is 38.7 Å². The summed E-state index contributed by atoms with van der Waals surface area (Å²) in [6, 6.07) is 3.58. The molecule has 1 rings (SSSR count). The van der Waals surface area contributed by atoms with Crippen molar-refractivity contribution in [3.8, 4) is 0 Å². The third-order valence-corrected chi connectivity index (χ3v) is 4.78. The number of alkyl halides is 3. The molecular weight excluding hydrogens is 534 g/mol. The van der Waals surface area contributed by atoms with Gasteiger partial charge >= 0.3 is 18.2 Å². The van der Waals surface area contributed by atoms with Crippen LogP contribution in [-0.4, -0.2) is 55.7 Å². The number of hydrogen-bond acceptors (Lipinski definition) is 6. The number of halogens is 4. The Hall–Kier alpha value is -1.61. The molecule has 1 unspecified atom stereocenters. The third-order valence-electron chi connectivity index (χ3n) is 3.19. The summed E-state index contributed by atoms with van der Waals surface area (Å²) in [5.74, 6) is -3.26. The van der Waals surface area contributed by atoms with Crippen molar-refractivity contribution in [2.75, 3.05) is 17.7 Å². The number of carbonyl (C=O) groups excluding carboxylic acids is 2. The van der Waals surface area contributed by atoms with Gasteiger partial charge in [0.1, 0.15) is 11.4 Å². The number of benzene rings is 1. The first-order chi connectivity index (χ1) is 12.9. The Kier molecular flexibility index (Phi) is 7.92. The van der Waals surface area contributed by atoms with E-state index in [1.54, 1.807) is 43.4 Å². The Morgan fingerprint density at radius 2 is 1.79 bits per heavy atom. The fourth-order valence-electron chi connectivity index (χ4n) is 1.92. The minimum atomic E-state index is -5.20. The van der Waals surface area contributed by atoms with Crippen LogP contribution in [0.1, 0.15) is 31.1 Å². The molecule has 1 atom stereocenters. The molecule has 1 aromatic rings. The molecule has 13 heteroatoms. The second-order valence-corrected chi connectivity index (χ2v) is 9.55. The molecule has 0 bridgehead atoms. The van der Waals surface area contributed by atoms with Crippen LogP contribution in [0.5, 0.6) is 0 Å². The molecule has 0 aliphatic rings. The highest BCUT2D eigenvalue weighted by Gasteiger charge is 2.45. The van der Waals surface area contributed by atoms with Crippen molar-refractivity contribution < 1.29 is 45.2 Å². The van der Waals surface area contributed by atoms with Gasteiger partial charge in [-0.3, -0.25) is 9.45 Å². The number of nitrogens with zero attached hydrogens (tertiary/aromatic N) is 1. The molecule has 0 spiro atoms. The van der Waals surface area contributed by atoms with E-state index in [1.807, 2.05) is 0 Å². The summed E-state index contributed by atoms with van der Waals surface area (Å²) in [7, 11) is -3.63. The first-order valence-electron chi connectivity index (χ1n) is 7.90. The van der Waals surface area contributed by atoms with E-state index in [9.17, 15) is 31.2 Å². The molecule has 0 aliphatic carbocycles. The summed E-state index contributed by atoms with van der Waals surface area (Å²) in [4.78, 5) is 25.3. The standard InChI is InChI=1S/C16H19F3INO7S/c1-15(2,3)28-14(23)21(4)11-6-5-9(7-10(11)20)13(22)27-12(16(17,18)19)8-29(24,25)26/h5-7,12H,8H2,1-4H3,(H,24,25,26). The number of carbonyl (C=O) groups is 2. The quantitative estimate of drug-likeness (QED) is 0.337. The number of amides is 1. The highest BCUT2D eigenvalue weighted by atomic mass is 127. The van der Waals surface area contributed by atoms with Crippen molar-refractivity contribution in [3.05, 3.63) is 27.3 Å². The van der Waals surface area contributed by atoms with Crippen LogP contribution in [0.3, 0.4) is 0 Å². The predicted octanol–water partition coefficient (Wildman–Crippen LogP) is 3.64. The van der Waals surface area contributed by atoms with Gasteiger partial charge in [-0.1, -0.05) is 0 Å². The van der Waals surface area contributed by atoms with E-state index in [-0.39, 0.29) is 5.56 Å². The van der Waals surface area contributed by atoms with Gasteiger partial charge in [-0.15, -0.1) is 0 Å². The molecule has 8 nitrogen and oxygen atoms in total. The molecule has 0 radical (unpaired) electrons. The van der Waals surface area contributed by atoms with Gasteiger partial charge in [-0.25, -0.2) is 9.59 Å². The summed E-state index contributed by atoms with van der Waals surface area (Å²) in [6.45, 7) is 5.02. The predicted molar refractivity (Wildman–Crippen MR) is 105 cm³/mol. The molecule has 0 aromatic heterocycles. The van der Waals surface area contributed by atoms with Crippen LogP contribution in [0.2, 0.25) is 0 Å². The molecule has 0 aliphatic heterocycles. The zero-order valence-corrected chi connectivity index (χ0v) is 18.8. The van der Waals surface area contributed by atoms with Gasteiger partial charge in [0.05, 0.1) is 11.3 Å². The molecule has 164 valence electrons. The van der Waals surface area contributed by atoms with Crippen molar-refractivity contribution in [1.82, 2.24) is 0 Å². The monoisotopic (exact) mass is 553 g/mol. The molecule has 1 aromatic carbocycles. The maximum absolute atomic E-state index is 12.9. The van der Waals surface area contributed by atoms with Crippen LogP contribution in [0.4, 0.5) is 23.7 Å². The summed E-state index contributed by atoms with van der Waals surface area (Å²) in [5, 5.41) is 0. The largest absolute Gasteiger partial charge is 0.448 e. The molecule has 0 saturated carbocycles. The summed E-state index contributed by atoms with van der Waals surface area (Å²) in [5.41, 5.74) is -0.734. The maximum Gasteiger partial charge on any atom is 0.426 e. The van der Waals surface area contributed by atoms with Crippen molar-refractivity contribution in [2.24, 2.45) is 0 Å². The molecule has 0 heterocycles. The lowest BCUT2D eigenvalue weighted by Crippen LogP contribution is -2.39. The van der Waals surface area contributed by atoms with E-state index in [2.05, 4.69) is 4.74 Å². The molecule has 0 fully saturated rings. The van der Waals surface area contributed by atoms with E-state index in [0.29, 0.717) is 9.26 Å². The second kappa shape index (κ2) is 9.04. The fourth-order valence-corrected chi connectivity index (χ4v) is 3.44. The maximum atomic E-state index is 12.9. The van der Waals surface area contributed by atoms with Crippen LogP contribution in [0.15, 0.2) is 18.2 Å². The Bertz CT molecular complexity index is 881. The normalized spacial score (nSPS) is 13.6. The van der Waals surface area contributed by atoms with E-state index in [0.717, 1.165) is 11.0 Å². The van der Waals surface area contributed by atoms with Crippen molar-refractivity contribution in [3.63, 3.8) is 0 Å². The average molecular weight is 553 g/mol. The Morgan fingerprint density at radius 3 is 2.21 bits per heavy atom. The first kappa shape index (κ1) is 25.4. The van der Waals surface area contributed by atoms with Gasteiger partial charge < -0.3 is 9.47 Å². The van der Waals surface area contributed by atoms with E-state index < -0.39 is 45.8 Å². The number of hydrogen-bond donors (Lipinski definition) is 1. The summed E-state index contributed by atoms with van der Waals surface area (Å²) < 4.78 is 78.6. The minimum Gasteiger partial charge on any atom is -0.448 e. The molecular formula is C16H19F3INO7S. The van der Waals surface area contributed by atoms with Gasteiger partial charge in [0, 0.05) is 10.6 Å². The van der Waals surface area contributed by atoms with Crippen molar-refractivity contribution in [1.29, 1.82) is 0 Å². The van der Waals surface area contributed by atoms with Crippen LogP contribution < -0.4 is 4.90 Å². The summed E-state index contributed by atoms with van der Waals surface area (Å²) in [6.07, 6.45) is -8.92. The van der Waals surface area contributed by atoms with Crippen LogP contribution in [0, 0.1) is 3.57 Å². The highest BCUT2D eigenvalue weighted by Crippen LogP contribution is 2.28. The average Bonchev–Trinajstić information content (AvgIpc) is 2.49. The number of anilines is 1. The zero-order chi connectivity index (χ0) is 22.8. The van der Waals surface area contributed by atoms with Crippen LogP contribution in [-0.2, 0) is 19.6 Å². The lowest BCUT2D eigenvalue weighted by molar-refractivity contribution is -0.197. The second-order valence-electron chi connectivity index (χ2n) is 6.89. The SMILES string of the molecule is CN(C(=O)OC(C)(C)C)c1ccc(C(=O)OC(CS(=O)(=O)O)C(F)(F)F)cc1I. The Labute approximate surface area is 179 Å². The lowest BCUT2D eigenvalue weighted by atomic mass is 10.2. The molecule has 29 heavy (non-hydrogen) atoms. The molecule has 1 N–H and O–H groups in total. The van der Waals surface area contributed by atoms with Gasteiger partial charge in [-0.05, 0) is 61.6 Å². The van der Waals surface area contributed by atoms with Crippen LogP contribution in [0.25, 0.3) is 0 Å². The van der Waals surface area contributed by atoms with E-state index >= 15 is 0 Å². The fraction of sp³-hybridized carbons (Fsp3) is 0.500. The Morgan fingerprint density at radius 1 is 1.24 bits per heavy atom. The molecule has 1 amide bonds. The summed E-state index contributed by atoms with van der Waals surface area (Å²) >= 11 is 1.76. The van der Waals surface area contributed by atoms with Crippen LogP contribution >= 0.6 is 22.6 Å². The smallest absolute Gasteiger partial charge is 0.426 e. The number of rotatable bonds is 5. The van der Waals surface area contributed by atoms with Gasteiger partial charge in [0.25, 0.3) is 10.1 Å². The van der Waals surface area contributed by atoms with E-state index in [1.165, 1.54) is 19.2 Å². The zero-order valence-electron chi connectivity index (χ0n) is 15.8. The van der Waals surface area contributed by atoms with Gasteiger partial charge in [0.2, 0.25) is 6.10 Å². The van der Waals surface area contributed by atoms with Gasteiger partial charge in [0.15, 0.2) is 0 Å². The Balaban J connectivity index is 3.05. The first-order valence-corrected chi connectivity index (χ1v) is 10.6. The topological polar surface area (TPSA) is 110 Å². The van der Waals surface area contributed by atoms with Crippen molar-refractivity contribution >= 4 is 50.5 Å². The minimum absolute atomic E-state index is 0.305. The number of esters is 1. The van der Waals surface area contributed by atoms with Gasteiger partial charge in [-0.2, -0.15) is 21.6 Å². The molecule has 0 saturated heterocycles. The lowest BCUT2D eigenvalue weighted by Gasteiger charge is -2.25. The highest BCUT2D eigenvalue weighted by molar-refractivity contribution is 14.1. The number of ether oxygens (including phenoxy) is 2. The van der Waals surface area contributed by atoms with E-state index in [4.69, 9.17) is 9.29 Å². The third kappa shape index (κ3) is 8.34.